The number of rotatable bonds is 6. The average Bonchev–Trinajstić information content (AvgIpc) is 3.01. The number of benzene rings is 2. The first kappa shape index (κ1) is 18.5. The van der Waals surface area contributed by atoms with Crippen molar-refractivity contribution < 1.29 is 9.53 Å². The molecule has 1 heterocycles. The summed E-state index contributed by atoms with van der Waals surface area (Å²) in [7, 11) is 0. The summed E-state index contributed by atoms with van der Waals surface area (Å²) in [5.41, 5.74) is 5.02. The maximum Gasteiger partial charge on any atom is 0.410 e. The number of amides is 1. The number of hydrogen-bond donors (Lipinski definition) is 0. The van der Waals surface area contributed by atoms with Crippen LogP contribution in [0.3, 0.4) is 0 Å². The van der Waals surface area contributed by atoms with Crippen molar-refractivity contribution in [2.45, 2.75) is 58.6 Å². The molecule has 3 atom stereocenters. The Hall–Kier alpha value is -2.29. The summed E-state index contributed by atoms with van der Waals surface area (Å²) >= 11 is 0. The highest BCUT2D eigenvalue weighted by molar-refractivity contribution is 5.70. The summed E-state index contributed by atoms with van der Waals surface area (Å²) < 4.78 is 5.63. The second kappa shape index (κ2) is 7.94. The Bertz CT molecular complexity index is 736. The molecular formula is C23H29NO2. The lowest BCUT2D eigenvalue weighted by Crippen LogP contribution is -2.28. The summed E-state index contributed by atoms with van der Waals surface area (Å²) in [6, 6.07) is 17.1. The molecule has 0 aromatic heterocycles. The molecular weight excluding hydrogens is 322 g/mol. The predicted octanol–water partition coefficient (Wildman–Crippen LogP) is 5.77. The number of aryl methyl sites for hydroxylation is 2. The minimum absolute atomic E-state index is 0.0108. The van der Waals surface area contributed by atoms with Gasteiger partial charge in [-0.1, -0.05) is 66.6 Å². The Morgan fingerprint density at radius 2 is 1.50 bits per heavy atom. The van der Waals surface area contributed by atoms with Gasteiger partial charge in [0.2, 0.25) is 0 Å². The molecule has 0 radical (unpaired) electrons. The third-order valence-corrected chi connectivity index (χ3v) is 5.50. The smallest absolute Gasteiger partial charge is 0.410 e. The van der Waals surface area contributed by atoms with Crippen LogP contribution in [0.4, 0.5) is 4.79 Å². The van der Waals surface area contributed by atoms with Gasteiger partial charge in [0.15, 0.2) is 0 Å². The fourth-order valence-corrected chi connectivity index (χ4v) is 3.53. The summed E-state index contributed by atoms with van der Waals surface area (Å²) in [5, 5.41) is 0. The zero-order valence-corrected chi connectivity index (χ0v) is 16.2. The van der Waals surface area contributed by atoms with E-state index in [0.29, 0.717) is 12.5 Å². The van der Waals surface area contributed by atoms with Crippen LogP contribution in [-0.2, 0) is 4.74 Å². The number of hydrogen-bond acceptors (Lipinski definition) is 2. The van der Waals surface area contributed by atoms with E-state index in [0.717, 1.165) is 18.4 Å². The van der Waals surface area contributed by atoms with Gasteiger partial charge in [0.05, 0.1) is 12.6 Å². The molecule has 0 bridgehead atoms. The van der Waals surface area contributed by atoms with E-state index >= 15 is 0 Å². The van der Waals surface area contributed by atoms with Gasteiger partial charge >= 0.3 is 6.09 Å². The number of ether oxygens (including phenoxy) is 1. The van der Waals surface area contributed by atoms with Crippen LogP contribution in [0.2, 0.25) is 0 Å². The molecule has 1 aliphatic heterocycles. The van der Waals surface area contributed by atoms with Gasteiger partial charge < -0.3 is 4.74 Å². The van der Waals surface area contributed by atoms with Crippen molar-refractivity contribution in [2.24, 2.45) is 0 Å². The average molecular weight is 351 g/mol. The first-order chi connectivity index (χ1) is 12.4. The normalized spacial score (nSPS) is 19.3. The van der Waals surface area contributed by atoms with Crippen LogP contribution in [-0.4, -0.2) is 23.6 Å². The Kier molecular flexibility index (Phi) is 5.65. The van der Waals surface area contributed by atoms with Gasteiger partial charge in [-0.05, 0) is 50.7 Å². The van der Waals surface area contributed by atoms with Crippen molar-refractivity contribution in [2.75, 3.05) is 6.54 Å². The highest BCUT2D eigenvalue weighted by Gasteiger charge is 2.34. The first-order valence-corrected chi connectivity index (χ1v) is 9.54. The molecule has 26 heavy (non-hydrogen) atoms. The zero-order chi connectivity index (χ0) is 18.7. The Morgan fingerprint density at radius 1 is 0.962 bits per heavy atom. The van der Waals surface area contributed by atoms with Crippen LogP contribution < -0.4 is 0 Å². The molecule has 0 unspecified atom stereocenters. The maximum absolute atomic E-state index is 12.3. The molecule has 1 saturated heterocycles. The Balaban J connectivity index is 1.55. The molecule has 2 aromatic rings. The van der Waals surface area contributed by atoms with Gasteiger partial charge in [0.25, 0.3) is 0 Å². The fraction of sp³-hybridized carbons (Fsp3) is 0.435. The van der Waals surface area contributed by atoms with Crippen molar-refractivity contribution in [1.29, 1.82) is 0 Å². The van der Waals surface area contributed by atoms with Crippen molar-refractivity contribution in [1.82, 2.24) is 4.90 Å². The van der Waals surface area contributed by atoms with Crippen molar-refractivity contribution in [3.63, 3.8) is 0 Å². The Morgan fingerprint density at radius 3 is 2.08 bits per heavy atom. The lowest BCUT2D eigenvalue weighted by molar-refractivity contribution is 0.124. The quantitative estimate of drug-likeness (QED) is 0.661. The minimum Gasteiger partial charge on any atom is -0.444 e. The minimum atomic E-state index is -0.189. The van der Waals surface area contributed by atoms with Crippen LogP contribution in [0.15, 0.2) is 48.5 Å². The van der Waals surface area contributed by atoms with Crippen LogP contribution in [0.5, 0.6) is 0 Å². The van der Waals surface area contributed by atoms with Gasteiger partial charge in [-0.25, -0.2) is 4.79 Å². The Labute approximate surface area is 157 Å². The molecule has 3 rings (SSSR count). The molecule has 3 nitrogen and oxygen atoms in total. The molecule has 2 aromatic carbocycles. The van der Waals surface area contributed by atoms with Gasteiger partial charge in [0, 0.05) is 0 Å². The standard InChI is InChI=1S/C23H29NO2/c1-16-5-10-20(11-6-16)18(3)9-14-22-15-24(23(25)26-22)19(4)21-12-7-17(2)8-13-21/h5-8,10-13,18-19,22H,9,14-15H2,1-4H3/t18-,19+,22-/m1/s1. The van der Waals surface area contributed by atoms with Crippen LogP contribution in [0, 0.1) is 13.8 Å². The SMILES string of the molecule is Cc1ccc([C@H](C)CC[C@@H]2CN([C@@H](C)c3ccc(C)cc3)C(=O)O2)cc1. The van der Waals surface area contributed by atoms with Crippen molar-refractivity contribution in [3.8, 4) is 0 Å². The van der Waals surface area contributed by atoms with E-state index in [2.05, 4.69) is 76.2 Å². The van der Waals surface area contributed by atoms with Gasteiger partial charge in [0.1, 0.15) is 6.10 Å². The van der Waals surface area contributed by atoms with Crippen molar-refractivity contribution in [3.05, 3.63) is 70.8 Å². The van der Waals surface area contributed by atoms with Crippen LogP contribution in [0.25, 0.3) is 0 Å². The van der Waals surface area contributed by atoms with Crippen LogP contribution >= 0.6 is 0 Å². The molecule has 0 saturated carbocycles. The van der Waals surface area contributed by atoms with E-state index in [9.17, 15) is 4.79 Å². The zero-order valence-electron chi connectivity index (χ0n) is 16.2. The molecule has 1 amide bonds. The number of nitrogens with zero attached hydrogens (tertiary/aromatic N) is 1. The monoisotopic (exact) mass is 351 g/mol. The van der Waals surface area contributed by atoms with E-state index in [1.807, 2.05) is 4.90 Å². The fourth-order valence-electron chi connectivity index (χ4n) is 3.53. The summed E-state index contributed by atoms with van der Waals surface area (Å²) in [5.74, 6) is 0.470. The van der Waals surface area contributed by atoms with Gasteiger partial charge in [-0.15, -0.1) is 0 Å². The maximum atomic E-state index is 12.3. The van der Waals surface area contributed by atoms with Crippen molar-refractivity contribution >= 4 is 6.09 Å². The van der Waals surface area contributed by atoms with E-state index in [-0.39, 0.29) is 18.2 Å². The molecule has 3 heteroatoms. The number of carbonyl (C=O) groups is 1. The van der Waals surface area contributed by atoms with E-state index in [1.165, 1.54) is 16.7 Å². The topological polar surface area (TPSA) is 29.5 Å². The van der Waals surface area contributed by atoms with Crippen LogP contribution in [0.1, 0.15) is 60.9 Å². The number of carbonyl (C=O) groups excluding carboxylic acids is 1. The number of cyclic esters (lactones) is 1. The first-order valence-electron chi connectivity index (χ1n) is 9.54. The van der Waals surface area contributed by atoms with E-state index in [4.69, 9.17) is 4.74 Å². The van der Waals surface area contributed by atoms with E-state index in [1.54, 1.807) is 0 Å². The van der Waals surface area contributed by atoms with Gasteiger partial charge in [-0.3, -0.25) is 4.90 Å². The van der Waals surface area contributed by atoms with E-state index < -0.39 is 0 Å². The molecule has 1 aliphatic rings. The predicted molar refractivity (Wildman–Crippen MR) is 105 cm³/mol. The second-order valence-electron chi connectivity index (χ2n) is 7.63. The summed E-state index contributed by atoms with van der Waals surface area (Å²) in [4.78, 5) is 14.2. The lowest BCUT2D eigenvalue weighted by Gasteiger charge is -2.22. The third-order valence-electron chi connectivity index (χ3n) is 5.50. The summed E-state index contributed by atoms with van der Waals surface area (Å²) in [6.07, 6.45) is 1.72. The largest absolute Gasteiger partial charge is 0.444 e. The summed E-state index contributed by atoms with van der Waals surface area (Å²) in [6.45, 7) is 9.17. The molecule has 0 spiro atoms. The lowest BCUT2D eigenvalue weighted by atomic mass is 9.94. The molecule has 0 N–H and O–H groups in total. The molecule has 1 fully saturated rings. The molecule has 138 valence electrons. The highest BCUT2D eigenvalue weighted by Crippen LogP contribution is 2.29. The highest BCUT2D eigenvalue weighted by atomic mass is 16.6. The molecule has 0 aliphatic carbocycles. The second-order valence-corrected chi connectivity index (χ2v) is 7.63. The third kappa shape index (κ3) is 4.27. The van der Waals surface area contributed by atoms with Gasteiger partial charge in [-0.2, -0.15) is 0 Å².